The molecule has 0 unspecified atom stereocenters. The lowest BCUT2D eigenvalue weighted by Crippen LogP contribution is -2.14. The van der Waals surface area contributed by atoms with Crippen LogP contribution in [0.15, 0.2) is 29.0 Å². The van der Waals surface area contributed by atoms with E-state index in [9.17, 15) is 4.79 Å². The second-order valence-electron chi connectivity index (χ2n) is 3.60. The van der Waals surface area contributed by atoms with E-state index >= 15 is 0 Å². The van der Waals surface area contributed by atoms with Gasteiger partial charge < -0.3 is 9.47 Å². The van der Waals surface area contributed by atoms with Crippen molar-refractivity contribution in [1.29, 1.82) is 0 Å². The number of nitrogens with zero attached hydrogens (tertiary/aromatic N) is 3. The van der Waals surface area contributed by atoms with E-state index in [1.165, 1.54) is 26.5 Å². The average molecular weight is 339 g/mol. The van der Waals surface area contributed by atoms with Crippen molar-refractivity contribution in [3.8, 4) is 11.8 Å². The van der Waals surface area contributed by atoms with Gasteiger partial charge in [0.25, 0.3) is 5.91 Å². The van der Waals surface area contributed by atoms with Gasteiger partial charge in [0.1, 0.15) is 4.60 Å². The number of rotatable bonds is 4. The van der Waals surface area contributed by atoms with E-state index in [0.717, 1.165) is 0 Å². The third kappa shape index (κ3) is 3.41. The molecule has 1 amide bonds. The fraction of sp³-hybridized carbons (Fsp3) is 0.167. The second kappa shape index (κ2) is 6.29. The molecule has 8 heteroatoms. The molecule has 0 aliphatic carbocycles. The molecule has 20 heavy (non-hydrogen) atoms. The molecule has 2 heterocycles. The van der Waals surface area contributed by atoms with Gasteiger partial charge in [0.2, 0.25) is 17.7 Å². The Bertz CT molecular complexity index is 614. The normalized spacial score (nSPS) is 9.95. The maximum atomic E-state index is 12.0. The molecule has 0 atom stereocenters. The Labute approximate surface area is 123 Å². The molecule has 0 aliphatic rings. The summed E-state index contributed by atoms with van der Waals surface area (Å²) in [6, 6.07) is 4.68. The fourth-order valence-electron chi connectivity index (χ4n) is 1.39. The first-order chi connectivity index (χ1) is 9.62. The Morgan fingerprint density at radius 2 is 1.85 bits per heavy atom. The molecule has 0 radical (unpaired) electrons. The van der Waals surface area contributed by atoms with Crippen LogP contribution in [0.25, 0.3) is 0 Å². The van der Waals surface area contributed by atoms with Crippen LogP contribution in [0.2, 0.25) is 0 Å². The van der Waals surface area contributed by atoms with Gasteiger partial charge in [-0.1, -0.05) is 0 Å². The van der Waals surface area contributed by atoms with Crippen LogP contribution in [0.5, 0.6) is 11.8 Å². The van der Waals surface area contributed by atoms with E-state index in [4.69, 9.17) is 9.47 Å². The first-order valence-electron chi connectivity index (χ1n) is 5.52. The minimum Gasteiger partial charge on any atom is -0.481 e. The van der Waals surface area contributed by atoms with E-state index in [-0.39, 0.29) is 11.9 Å². The number of ether oxygens (including phenoxy) is 2. The Morgan fingerprint density at radius 1 is 1.20 bits per heavy atom. The van der Waals surface area contributed by atoms with Crippen LogP contribution in [-0.4, -0.2) is 35.1 Å². The molecular weight excluding hydrogens is 328 g/mol. The summed E-state index contributed by atoms with van der Waals surface area (Å²) in [6.07, 6.45) is 1.52. The molecule has 2 aromatic heterocycles. The van der Waals surface area contributed by atoms with Crippen molar-refractivity contribution >= 4 is 27.8 Å². The summed E-state index contributed by atoms with van der Waals surface area (Å²) in [5.41, 5.74) is 0.428. The van der Waals surface area contributed by atoms with Crippen molar-refractivity contribution in [2.45, 2.75) is 0 Å². The molecule has 0 saturated heterocycles. The molecule has 0 saturated carbocycles. The lowest BCUT2D eigenvalue weighted by atomic mass is 10.2. The maximum Gasteiger partial charge on any atom is 0.258 e. The second-order valence-corrected chi connectivity index (χ2v) is 4.41. The Morgan fingerprint density at radius 3 is 2.40 bits per heavy atom. The fourth-order valence-corrected chi connectivity index (χ4v) is 1.75. The molecule has 7 nitrogen and oxygen atoms in total. The monoisotopic (exact) mass is 338 g/mol. The van der Waals surface area contributed by atoms with Gasteiger partial charge >= 0.3 is 0 Å². The quantitative estimate of drug-likeness (QED) is 0.857. The molecule has 0 aliphatic heterocycles. The van der Waals surface area contributed by atoms with Crippen LogP contribution in [0.3, 0.4) is 0 Å². The van der Waals surface area contributed by atoms with Gasteiger partial charge in [-0.15, -0.1) is 0 Å². The summed E-state index contributed by atoms with van der Waals surface area (Å²) in [7, 11) is 2.93. The molecule has 0 bridgehead atoms. The van der Waals surface area contributed by atoms with Gasteiger partial charge in [-0.25, -0.2) is 4.98 Å². The number of nitrogens with one attached hydrogen (secondary N) is 1. The summed E-state index contributed by atoms with van der Waals surface area (Å²) in [6.45, 7) is 0. The first-order valence-corrected chi connectivity index (χ1v) is 6.31. The number of methoxy groups -OCH3 is 2. The van der Waals surface area contributed by atoms with Crippen LogP contribution in [0.1, 0.15) is 10.4 Å². The highest BCUT2D eigenvalue weighted by atomic mass is 79.9. The van der Waals surface area contributed by atoms with Crippen molar-refractivity contribution in [2.75, 3.05) is 19.5 Å². The SMILES string of the molecule is COc1cc(OC)nc(NC(=O)c2ccnc(Br)c2)n1. The topological polar surface area (TPSA) is 86.2 Å². The number of hydrogen-bond donors (Lipinski definition) is 1. The van der Waals surface area contributed by atoms with Crippen molar-refractivity contribution in [3.05, 3.63) is 34.6 Å². The standard InChI is InChI=1S/C12H11BrN4O3/c1-19-9-6-10(20-2)16-12(15-9)17-11(18)7-3-4-14-8(13)5-7/h3-6H,1-2H3,(H,15,16,17,18). The zero-order valence-corrected chi connectivity index (χ0v) is 12.3. The molecule has 2 aromatic rings. The highest BCUT2D eigenvalue weighted by molar-refractivity contribution is 9.10. The minimum atomic E-state index is -0.358. The van der Waals surface area contributed by atoms with Crippen LogP contribution in [0, 0.1) is 0 Å². The summed E-state index contributed by atoms with van der Waals surface area (Å²) in [5, 5.41) is 2.57. The third-order valence-electron chi connectivity index (χ3n) is 2.31. The van der Waals surface area contributed by atoms with Crippen LogP contribution in [-0.2, 0) is 0 Å². The number of pyridine rings is 1. The molecule has 1 N–H and O–H groups in total. The van der Waals surface area contributed by atoms with E-state index < -0.39 is 0 Å². The molecular formula is C12H11BrN4O3. The molecule has 0 fully saturated rings. The van der Waals surface area contributed by atoms with Crippen molar-refractivity contribution in [1.82, 2.24) is 15.0 Å². The third-order valence-corrected chi connectivity index (χ3v) is 2.75. The van der Waals surface area contributed by atoms with Gasteiger partial charge in [0.15, 0.2) is 0 Å². The van der Waals surface area contributed by atoms with Crippen LogP contribution >= 0.6 is 15.9 Å². The number of amides is 1. The lowest BCUT2D eigenvalue weighted by molar-refractivity contribution is 0.102. The molecule has 0 spiro atoms. The Hall–Kier alpha value is -2.22. The lowest BCUT2D eigenvalue weighted by Gasteiger charge is -2.07. The minimum absolute atomic E-state index is 0.0964. The van der Waals surface area contributed by atoms with E-state index in [2.05, 4.69) is 36.2 Å². The zero-order chi connectivity index (χ0) is 14.5. The Kier molecular flexibility index (Phi) is 4.46. The largest absolute Gasteiger partial charge is 0.481 e. The zero-order valence-electron chi connectivity index (χ0n) is 10.8. The van der Waals surface area contributed by atoms with Gasteiger partial charge in [0, 0.05) is 11.8 Å². The van der Waals surface area contributed by atoms with Crippen molar-refractivity contribution in [2.24, 2.45) is 0 Å². The molecule has 2 rings (SSSR count). The number of carbonyl (C=O) groups excluding carboxylic acids is 1. The summed E-state index contributed by atoms with van der Waals surface area (Å²) < 4.78 is 10.6. The van der Waals surface area contributed by atoms with E-state index in [0.29, 0.717) is 21.9 Å². The molecule has 0 aromatic carbocycles. The summed E-state index contributed by atoms with van der Waals surface area (Å²) in [5.74, 6) is 0.327. The highest BCUT2D eigenvalue weighted by Crippen LogP contribution is 2.18. The number of carbonyl (C=O) groups is 1. The summed E-state index contributed by atoms with van der Waals surface area (Å²) >= 11 is 3.20. The van der Waals surface area contributed by atoms with Gasteiger partial charge in [-0.05, 0) is 28.1 Å². The van der Waals surface area contributed by atoms with Gasteiger partial charge in [-0.3, -0.25) is 10.1 Å². The van der Waals surface area contributed by atoms with Gasteiger partial charge in [-0.2, -0.15) is 9.97 Å². The smallest absolute Gasteiger partial charge is 0.258 e. The van der Waals surface area contributed by atoms with Crippen LogP contribution < -0.4 is 14.8 Å². The van der Waals surface area contributed by atoms with Crippen molar-refractivity contribution in [3.63, 3.8) is 0 Å². The van der Waals surface area contributed by atoms with E-state index in [1.807, 2.05) is 0 Å². The number of hydrogen-bond acceptors (Lipinski definition) is 6. The highest BCUT2D eigenvalue weighted by Gasteiger charge is 2.11. The maximum absolute atomic E-state index is 12.0. The number of halogens is 1. The van der Waals surface area contributed by atoms with Crippen molar-refractivity contribution < 1.29 is 14.3 Å². The predicted molar refractivity (Wildman–Crippen MR) is 75.0 cm³/mol. The van der Waals surface area contributed by atoms with Crippen LogP contribution in [0.4, 0.5) is 5.95 Å². The summed E-state index contributed by atoms with van der Waals surface area (Å²) in [4.78, 5) is 24.0. The number of aromatic nitrogens is 3. The molecule has 104 valence electrons. The average Bonchev–Trinajstić information content (AvgIpc) is 2.46. The van der Waals surface area contributed by atoms with Gasteiger partial charge in [0.05, 0.1) is 20.3 Å². The number of anilines is 1. The Balaban J connectivity index is 2.23. The first kappa shape index (κ1) is 14.2. The van der Waals surface area contributed by atoms with E-state index in [1.54, 1.807) is 12.1 Å². The predicted octanol–water partition coefficient (Wildman–Crippen LogP) is 1.90.